The molecule has 1 saturated carbocycles. The fraction of sp³-hybridized carbons (Fsp3) is 0.579. The van der Waals surface area contributed by atoms with Gasteiger partial charge in [-0.05, 0) is 36.9 Å². The van der Waals surface area contributed by atoms with Gasteiger partial charge in [-0.3, -0.25) is 9.69 Å². The van der Waals surface area contributed by atoms with E-state index in [-0.39, 0.29) is 37.3 Å². The van der Waals surface area contributed by atoms with Crippen molar-refractivity contribution in [1.29, 1.82) is 0 Å². The second-order valence-corrected chi connectivity index (χ2v) is 7.07. The molecule has 7 heteroatoms. The van der Waals surface area contributed by atoms with Gasteiger partial charge in [0.15, 0.2) is 0 Å². The predicted octanol–water partition coefficient (Wildman–Crippen LogP) is 1.23. The fourth-order valence-electron chi connectivity index (χ4n) is 4.03. The van der Waals surface area contributed by atoms with E-state index in [0.29, 0.717) is 13.1 Å². The number of fused-ring (bicyclic) bond motifs is 1. The molecule has 1 aliphatic carbocycles. The van der Waals surface area contributed by atoms with E-state index >= 15 is 0 Å². The number of urea groups is 1. The molecular formula is C19H27N3O4. The van der Waals surface area contributed by atoms with Gasteiger partial charge in [0.25, 0.3) is 0 Å². The van der Waals surface area contributed by atoms with Gasteiger partial charge in [-0.1, -0.05) is 31.2 Å². The average Bonchev–Trinajstić information content (AvgIpc) is 2.61. The van der Waals surface area contributed by atoms with Crippen molar-refractivity contribution >= 4 is 12.0 Å². The summed E-state index contributed by atoms with van der Waals surface area (Å²) in [6.07, 6.45) is 2.32. The van der Waals surface area contributed by atoms with Crippen LogP contribution in [0.15, 0.2) is 24.3 Å². The third kappa shape index (κ3) is 3.83. The van der Waals surface area contributed by atoms with Crippen molar-refractivity contribution in [3.8, 4) is 0 Å². The zero-order valence-corrected chi connectivity index (χ0v) is 15.1. The van der Waals surface area contributed by atoms with Gasteiger partial charge < -0.3 is 20.4 Å². The highest BCUT2D eigenvalue weighted by molar-refractivity contribution is 5.76. The summed E-state index contributed by atoms with van der Waals surface area (Å²) in [6.45, 7) is 3.17. The lowest BCUT2D eigenvalue weighted by Gasteiger charge is -2.44. The summed E-state index contributed by atoms with van der Waals surface area (Å²) in [5.74, 6) is -0.822. The lowest BCUT2D eigenvalue weighted by Crippen LogP contribution is -2.57. The third-order valence-electron chi connectivity index (χ3n) is 5.55. The lowest BCUT2D eigenvalue weighted by molar-refractivity contribution is -0.139. The molecule has 3 rings (SSSR count). The van der Waals surface area contributed by atoms with E-state index in [1.54, 1.807) is 4.90 Å². The Morgan fingerprint density at radius 3 is 2.69 bits per heavy atom. The molecule has 0 aromatic heterocycles. The van der Waals surface area contributed by atoms with Gasteiger partial charge in [0, 0.05) is 18.6 Å². The van der Waals surface area contributed by atoms with Crippen LogP contribution in [0.1, 0.15) is 36.9 Å². The topological polar surface area (TPSA) is 93.1 Å². The van der Waals surface area contributed by atoms with Gasteiger partial charge in [0.05, 0.1) is 19.2 Å². The number of nitrogens with zero attached hydrogens (tertiary/aromatic N) is 2. The van der Waals surface area contributed by atoms with E-state index in [0.717, 1.165) is 24.8 Å². The van der Waals surface area contributed by atoms with Gasteiger partial charge >= 0.3 is 12.0 Å². The van der Waals surface area contributed by atoms with Crippen LogP contribution in [0.3, 0.4) is 0 Å². The van der Waals surface area contributed by atoms with E-state index in [1.807, 2.05) is 36.1 Å². The number of aliphatic carboxylic acids is 1. The maximum atomic E-state index is 12.7. The van der Waals surface area contributed by atoms with Crippen molar-refractivity contribution < 1.29 is 19.8 Å². The molecule has 1 fully saturated rings. The molecule has 26 heavy (non-hydrogen) atoms. The summed E-state index contributed by atoms with van der Waals surface area (Å²) >= 11 is 0. The van der Waals surface area contributed by atoms with Crippen LogP contribution in [-0.2, 0) is 11.2 Å². The second-order valence-electron chi connectivity index (χ2n) is 7.07. The van der Waals surface area contributed by atoms with E-state index < -0.39 is 5.97 Å². The molecule has 0 radical (unpaired) electrons. The maximum absolute atomic E-state index is 12.7. The van der Waals surface area contributed by atoms with Crippen LogP contribution in [0.2, 0.25) is 0 Å². The van der Waals surface area contributed by atoms with Gasteiger partial charge in [-0.15, -0.1) is 0 Å². The van der Waals surface area contributed by atoms with E-state index in [4.69, 9.17) is 5.11 Å². The fourth-order valence-corrected chi connectivity index (χ4v) is 4.03. The Morgan fingerprint density at radius 2 is 2.04 bits per heavy atom. The summed E-state index contributed by atoms with van der Waals surface area (Å²) in [7, 11) is 0. The first-order valence-electron chi connectivity index (χ1n) is 9.25. The smallest absolute Gasteiger partial charge is 0.318 e. The summed E-state index contributed by atoms with van der Waals surface area (Å²) in [5.41, 5.74) is 2.20. The largest absolute Gasteiger partial charge is 0.480 e. The summed E-state index contributed by atoms with van der Waals surface area (Å²) in [4.78, 5) is 27.2. The molecule has 1 aromatic carbocycles. The number of aliphatic hydroxyl groups excluding tert-OH is 1. The van der Waals surface area contributed by atoms with Crippen LogP contribution in [0, 0.1) is 0 Å². The predicted molar refractivity (Wildman–Crippen MR) is 96.9 cm³/mol. The normalized spacial score (nSPS) is 24.7. The number of carboxylic acid groups (broad SMARTS) is 1. The molecule has 7 nitrogen and oxygen atoms in total. The first-order valence-corrected chi connectivity index (χ1v) is 9.25. The number of benzene rings is 1. The number of hydrogen-bond donors (Lipinski definition) is 3. The molecule has 1 heterocycles. The Hall–Kier alpha value is -2.12. The molecule has 0 spiro atoms. The lowest BCUT2D eigenvalue weighted by atomic mass is 9.85. The van der Waals surface area contributed by atoms with Crippen LogP contribution >= 0.6 is 0 Å². The van der Waals surface area contributed by atoms with Crippen molar-refractivity contribution in [2.24, 2.45) is 0 Å². The quantitative estimate of drug-likeness (QED) is 0.709. The molecule has 1 aromatic rings. The van der Waals surface area contributed by atoms with Crippen LogP contribution in [0.5, 0.6) is 0 Å². The number of aliphatic hydroxyl groups is 1. The highest BCUT2D eigenvalue weighted by Crippen LogP contribution is 2.30. The van der Waals surface area contributed by atoms with Crippen LogP contribution in [0.4, 0.5) is 4.79 Å². The number of carbonyl (C=O) groups is 2. The number of amides is 2. The molecule has 2 amide bonds. The van der Waals surface area contributed by atoms with Crippen molar-refractivity contribution in [3.63, 3.8) is 0 Å². The number of hydrogen-bond acceptors (Lipinski definition) is 4. The molecule has 2 aliphatic rings. The number of rotatable bonds is 6. The SMILES string of the molecule is CCN(CC(=O)O)C1CC(NC(=O)N2CCc3ccccc3C2CO)C1. The Morgan fingerprint density at radius 1 is 1.31 bits per heavy atom. The van der Waals surface area contributed by atoms with Gasteiger partial charge in [0.2, 0.25) is 0 Å². The van der Waals surface area contributed by atoms with E-state index in [2.05, 4.69) is 5.32 Å². The monoisotopic (exact) mass is 361 g/mol. The number of carbonyl (C=O) groups excluding carboxylic acids is 1. The minimum Gasteiger partial charge on any atom is -0.480 e. The molecule has 3 N–H and O–H groups in total. The van der Waals surface area contributed by atoms with E-state index in [9.17, 15) is 14.7 Å². The van der Waals surface area contributed by atoms with Crippen molar-refractivity contribution in [2.75, 3.05) is 26.2 Å². The van der Waals surface area contributed by atoms with E-state index in [1.165, 1.54) is 5.56 Å². The van der Waals surface area contributed by atoms with Crippen LogP contribution in [-0.4, -0.2) is 70.3 Å². The molecular weight excluding hydrogens is 334 g/mol. The molecule has 0 saturated heterocycles. The van der Waals surface area contributed by atoms with Crippen LogP contribution < -0.4 is 5.32 Å². The average molecular weight is 361 g/mol. The Labute approximate surface area is 153 Å². The summed E-state index contributed by atoms with van der Waals surface area (Å²) in [6, 6.07) is 7.74. The van der Waals surface area contributed by atoms with Crippen LogP contribution in [0.25, 0.3) is 0 Å². The minimum absolute atomic E-state index is 0.0390. The first-order chi connectivity index (χ1) is 12.5. The Bertz CT molecular complexity index is 660. The van der Waals surface area contributed by atoms with Crippen molar-refractivity contribution in [3.05, 3.63) is 35.4 Å². The standard InChI is InChI=1S/C19H27N3O4/c1-2-21(11-18(24)25)15-9-14(10-15)20-19(26)22-8-7-13-5-3-4-6-16(13)17(22)12-23/h3-6,14-15,17,23H,2,7-12H2,1H3,(H,20,26)(H,24,25). The number of likely N-dealkylation sites (N-methyl/N-ethyl adjacent to an activating group) is 1. The molecule has 0 bridgehead atoms. The molecule has 1 atom stereocenters. The second kappa shape index (κ2) is 8.05. The number of nitrogens with one attached hydrogen (secondary N) is 1. The van der Waals surface area contributed by atoms with Crippen molar-refractivity contribution in [1.82, 2.24) is 15.1 Å². The zero-order chi connectivity index (χ0) is 18.7. The zero-order valence-electron chi connectivity index (χ0n) is 15.1. The first kappa shape index (κ1) is 18.7. The maximum Gasteiger partial charge on any atom is 0.318 e. The summed E-state index contributed by atoms with van der Waals surface area (Å²) < 4.78 is 0. The van der Waals surface area contributed by atoms with Crippen molar-refractivity contribution in [2.45, 2.75) is 44.3 Å². The summed E-state index contributed by atoms with van der Waals surface area (Å²) in [5, 5.41) is 21.8. The molecule has 142 valence electrons. The van der Waals surface area contributed by atoms with Gasteiger partial charge in [-0.25, -0.2) is 4.79 Å². The molecule has 1 unspecified atom stereocenters. The van der Waals surface area contributed by atoms with Gasteiger partial charge in [-0.2, -0.15) is 0 Å². The van der Waals surface area contributed by atoms with Gasteiger partial charge in [0.1, 0.15) is 0 Å². The Kier molecular flexibility index (Phi) is 5.78. The third-order valence-corrected chi connectivity index (χ3v) is 5.55. The highest BCUT2D eigenvalue weighted by atomic mass is 16.4. The Balaban J connectivity index is 1.56. The molecule has 1 aliphatic heterocycles. The highest BCUT2D eigenvalue weighted by Gasteiger charge is 2.37. The number of carboxylic acids is 1. The minimum atomic E-state index is -0.822.